The summed E-state index contributed by atoms with van der Waals surface area (Å²) in [5.41, 5.74) is 5.69. The van der Waals surface area contributed by atoms with E-state index in [-0.39, 0.29) is 6.61 Å². The molecule has 1 aromatic carbocycles. The number of methoxy groups -OCH3 is 1. The standard InChI is InChI=1S/C16H25NO3/c1-4-8-13(2)11-20-12-16(17,15(18)19-3)14-9-6-5-7-10-14/h5-7,9-10,13H,4,8,11-12,17H2,1-3H3. The van der Waals surface area contributed by atoms with Gasteiger partial charge >= 0.3 is 5.97 Å². The second-order valence-electron chi connectivity index (χ2n) is 5.24. The van der Waals surface area contributed by atoms with Crippen molar-refractivity contribution in [1.82, 2.24) is 0 Å². The molecule has 0 heterocycles. The summed E-state index contributed by atoms with van der Waals surface area (Å²) >= 11 is 0. The lowest BCUT2D eigenvalue weighted by molar-refractivity contribution is -0.150. The Morgan fingerprint density at radius 3 is 2.55 bits per heavy atom. The molecule has 0 fully saturated rings. The van der Waals surface area contributed by atoms with Crippen molar-refractivity contribution in [2.45, 2.75) is 32.2 Å². The number of ether oxygens (including phenoxy) is 2. The molecular weight excluding hydrogens is 254 g/mol. The van der Waals surface area contributed by atoms with Gasteiger partial charge < -0.3 is 15.2 Å². The number of carbonyl (C=O) groups excluding carboxylic acids is 1. The highest BCUT2D eigenvalue weighted by Gasteiger charge is 2.37. The molecule has 0 aliphatic rings. The van der Waals surface area contributed by atoms with E-state index in [0.29, 0.717) is 18.1 Å². The summed E-state index contributed by atoms with van der Waals surface area (Å²) in [5.74, 6) is -0.0236. The van der Waals surface area contributed by atoms with Crippen LogP contribution in [0.5, 0.6) is 0 Å². The number of nitrogens with two attached hydrogens (primary N) is 1. The molecule has 0 spiro atoms. The second-order valence-corrected chi connectivity index (χ2v) is 5.24. The average molecular weight is 279 g/mol. The lowest BCUT2D eigenvalue weighted by Gasteiger charge is -2.27. The molecule has 0 bridgehead atoms. The van der Waals surface area contributed by atoms with Crippen molar-refractivity contribution < 1.29 is 14.3 Å². The van der Waals surface area contributed by atoms with Crippen LogP contribution < -0.4 is 5.73 Å². The van der Waals surface area contributed by atoms with Crippen molar-refractivity contribution in [3.8, 4) is 0 Å². The SMILES string of the molecule is CCCC(C)COCC(N)(C(=O)OC)c1ccccc1. The molecule has 112 valence electrons. The van der Waals surface area contributed by atoms with Crippen molar-refractivity contribution >= 4 is 5.97 Å². The first-order chi connectivity index (χ1) is 9.54. The van der Waals surface area contributed by atoms with Crippen LogP contribution in [0.2, 0.25) is 0 Å². The van der Waals surface area contributed by atoms with E-state index in [4.69, 9.17) is 15.2 Å². The first-order valence-corrected chi connectivity index (χ1v) is 7.05. The summed E-state index contributed by atoms with van der Waals surface area (Å²) < 4.78 is 10.5. The van der Waals surface area contributed by atoms with Gasteiger partial charge in [0, 0.05) is 6.61 Å². The van der Waals surface area contributed by atoms with E-state index in [0.717, 1.165) is 12.8 Å². The smallest absolute Gasteiger partial charge is 0.332 e. The molecule has 0 saturated carbocycles. The molecule has 0 radical (unpaired) electrons. The molecule has 4 nitrogen and oxygen atoms in total. The molecule has 1 rings (SSSR count). The number of hydrogen-bond donors (Lipinski definition) is 1. The number of hydrogen-bond acceptors (Lipinski definition) is 4. The van der Waals surface area contributed by atoms with Gasteiger partial charge in [-0.15, -0.1) is 0 Å². The Morgan fingerprint density at radius 2 is 2.00 bits per heavy atom. The van der Waals surface area contributed by atoms with Gasteiger partial charge in [0.2, 0.25) is 0 Å². The van der Waals surface area contributed by atoms with Gasteiger partial charge in [-0.3, -0.25) is 0 Å². The minimum absolute atomic E-state index is 0.123. The maximum absolute atomic E-state index is 12.0. The van der Waals surface area contributed by atoms with Crippen LogP contribution in [0.4, 0.5) is 0 Å². The minimum atomic E-state index is -1.25. The largest absolute Gasteiger partial charge is 0.467 e. The van der Waals surface area contributed by atoms with Gasteiger partial charge in [-0.1, -0.05) is 50.6 Å². The summed E-state index contributed by atoms with van der Waals surface area (Å²) in [6.45, 7) is 4.98. The normalized spacial score (nSPS) is 15.4. The molecule has 2 unspecified atom stereocenters. The van der Waals surface area contributed by atoms with Crippen LogP contribution in [0, 0.1) is 5.92 Å². The molecule has 2 N–H and O–H groups in total. The fraction of sp³-hybridized carbons (Fsp3) is 0.562. The van der Waals surface area contributed by atoms with Gasteiger partial charge in [0.25, 0.3) is 0 Å². The van der Waals surface area contributed by atoms with Crippen LogP contribution in [0.3, 0.4) is 0 Å². The first-order valence-electron chi connectivity index (χ1n) is 7.05. The average Bonchev–Trinajstić information content (AvgIpc) is 2.47. The van der Waals surface area contributed by atoms with E-state index in [1.807, 2.05) is 30.3 Å². The van der Waals surface area contributed by atoms with Crippen molar-refractivity contribution in [2.75, 3.05) is 20.3 Å². The van der Waals surface area contributed by atoms with Gasteiger partial charge in [0.05, 0.1) is 13.7 Å². The van der Waals surface area contributed by atoms with Crippen molar-refractivity contribution in [2.24, 2.45) is 11.7 Å². The summed E-state index contributed by atoms with van der Waals surface area (Å²) in [4.78, 5) is 12.0. The summed E-state index contributed by atoms with van der Waals surface area (Å²) in [6.07, 6.45) is 2.22. The van der Waals surface area contributed by atoms with E-state index in [1.54, 1.807) is 0 Å². The number of esters is 1. The van der Waals surface area contributed by atoms with Crippen molar-refractivity contribution in [3.05, 3.63) is 35.9 Å². The van der Waals surface area contributed by atoms with Gasteiger partial charge in [-0.25, -0.2) is 4.79 Å². The minimum Gasteiger partial charge on any atom is -0.467 e. The predicted octanol–water partition coefficient (Wildman–Crippen LogP) is 2.47. The van der Waals surface area contributed by atoms with Crippen LogP contribution in [0.25, 0.3) is 0 Å². The quantitative estimate of drug-likeness (QED) is 0.743. The highest BCUT2D eigenvalue weighted by Crippen LogP contribution is 2.21. The van der Waals surface area contributed by atoms with Crippen LogP contribution in [-0.2, 0) is 19.8 Å². The van der Waals surface area contributed by atoms with Crippen molar-refractivity contribution in [1.29, 1.82) is 0 Å². The van der Waals surface area contributed by atoms with Gasteiger partial charge in [-0.05, 0) is 17.9 Å². The Balaban J connectivity index is 2.73. The molecule has 0 amide bonds. The van der Waals surface area contributed by atoms with E-state index in [9.17, 15) is 4.79 Å². The second kappa shape index (κ2) is 8.02. The van der Waals surface area contributed by atoms with Crippen LogP contribution >= 0.6 is 0 Å². The lowest BCUT2D eigenvalue weighted by atomic mass is 9.92. The zero-order chi connectivity index (χ0) is 15.0. The number of benzene rings is 1. The Hall–Kier alpha value is -1.39. The first kappa shape index (κ1) is 16.7. The fourth-order valence-corrected chi connectivity index (χ4v) is 2.18. The Kier molecular flexibility index (Phi) is 6.68. The van der Waals surface area contributed by atoms with Crippen molar-refractivity contribution in [3.63, 3.8) is 0 Å². The molecule has 1 aromatic rings. The molecule has 0 aliphatic heterocycles. The lowest BCUT2D eigenvalue weighted by Crippen LogP contribution is -2.49. The van der Waals surface area contributed by atoms with Crippen LogP contribution in [-0.4, -0.2) is 26.3 Å². The maximum Gasteiger partial charge on any atom is 0.332 e. The Morgan fingerprint density at radius 1 is 1.35 bits per heavy atom. The molecule has 20 heavy (non-hydrogen) atoms. The third kappa shape index (κ3) is 4.32. The Bertz CT molecular complexity index is 407. The predicted molar refractivity (Wildman–Crippen MR) is 79.2 cm³/mol. The third-order valence-corrected chi connectivity index (χ3v) is 3.35. The summed E-state index contributed by atoms with van der Waals surface area (Å²) in [5, 5.41) is 0. The van der Waals surface area contributed by atoms with Crippen LogP contribution in [0.1, 0.15) is 32.3 Å². The van der Waals surface area contributed by atoms with Gasteiger partial charge in [-0.2, -0.15) is 0 Å². The third-order valence-electron chi connectivity index (χ3n) is 3.35. The zero-order valence-corrected chi connectivity index (χ0v) is 12.6. The van der Waals surface area contributed by atoms with Gasteiger partial charge in [0.15, 0.2) is 5.54 Å². The van der Waals surface area contributed by atoms with E-state index in [1.165, 1.54) is 7.11 Å². The zero-order valence-electron chi connectivity index (χ0n) is 12.6. The monoisotopic (exact) mass is 279 g/mol. The van der Waals surface area contributed by atoms with E-state index in [2.05, 4.69) is 13.8 Å². The molecule has 4 heteroatoms. The summed E-state index contributed by atoms with van der Waals surface area (Å²) in [7, 11) is 1.34. The number of rotatable bonds is 8. The summed E-state index contributed by atoms with van der Waals surface area (Å²) in [6, 6.07) is 9.20. The van der Waals surface area contributed by atoms with E-state index >= 15 is 0 Å². The molecular formula is C16H25NO3. The topological polar surface area (TPSA) is 61.5 Å². The molecule has 0 aliphatic carbocycles. The van der Waals surface area contributed by atoms with E-state index < -0.39 is 11.5 Å². The van der Waals surface area contributed by atoms with Crippen LogP contribution in [0.15, 0.2) is 30.3 Å². The highest BCUT2D eigenvalue weighted by molar-refractivity contribution is 5.82. The fourth-order valence-electron chi connectivity index (χ4n) is 2.18. The highest BCUT2D eigenvalue weighted by atomic mass is 16.5. The maximum atomic E-state index is 12.0. The molecule has 2 atom stereocenters. The molecule has 0 aromatic heterocycles. The molecule has 0 saturated heterocycles. The van der Waals surface area contributed by atoms with Gasteiger partial charge in [0.1, 0.15) is 0 Å². The number of carbonyl (C=O) groups is 1. The Labute approximate surface area is 121 Å².